The fourth-order valence-corrected chi connectivity index (χ4v) is 5.33. The average molecular weight is 543 g/mol. The highest BCUT2D eigenvalue weighted by atomic mass is 19.4. The zero-order valence-electron chi connectivity index (χ0n) is 22.4. The van der Waals surface area contributed by atoms with Gasteiger partial charge in [-0.2, -0.15) is 18.3 Å². The van der Waals surface area contributed by atoms with Crippen LogP contribution in [0.25, 0.3) is 22.5 Å². The number of alkyl halides is 3. The molecule has 1 unspecified atom stereocenters. The Morgan fingerprint density at radius 2 is 1.87 bits per heavy atom. The lowest BCUT2D eigenvalue weighted by Gasteiger charge is -2.28. The van der Waals surface area contributed by atoms with E-state index in [1.807, 2.05) is 62.0 Å². The zero-order valence-corrected chi connectivity index (χ0v) is 22.4. The minimum atomic E-state index is -4.22. The topological polar surface area (TPSA) is 75.5 Å². The molecule has 0 bridgehead atoms. The summed E-state index contributed by atoms with van der Waals surface area (Å²) in [5.74, 6) is 0.278. The number of likely N-dealkylation sites (tertiary alicyclic amines) is 1. The number of nitrogens with zero attached hydrogens (tertiary/aromatic N) is 5. The molecular formula is C28H33F3N6O2. The molecule has 208 valence electrons. The van der Waals surface area contributed by atoms with Gasteiger partial charge in [0.2, 0.25) is 0 Å². The van der Waals surface area contributed by atoms with Crippen molar-refractivity contribution < 1.29 is 22.7 Å². The number of aromatic nitrogens is 3. The number of hydrogen-bond donors (Lipinski definition) is 1. The van der Waals surface area contributed by atoms with Gasteiger partial charge in [0, 0.05) is 45.3 Å². The molecule has 2 aliphatic rings. The number of carbonyl (C=O) groups is 1. The lowest BCUT2D eigenvalue weighted by molar-refractivity contribution is -0.143. The summed E-state index contributed by atoms with van der Waals surface area (Å²) in [7, 11) is 1.89. The largest absolute Gasteiger partial charge is 0.389 e. The summed E-state index contributed by atoms with van der Waals surface area (Å²) < 4.78 is 45.7. The lowest BCUT2D eigenvalue weighted by Crippen LogP contribution is -2.36. The van der Waals surface area contributed by atoms with Gasteiger partial charge in [0.05, 0.1) is 30.3 Å². The van der Waals surface area contributed by atoms with Crippen LogP contribution in [0.15, 0.2) is 36.4 Å². The number of aryl methyl sites for hydroxylation is 3. The van der Waals surface area contributed by atoms with Gasteiger partial charge in [-0.3, -0.25) is 4.68 Å². The van der Waals surface area contributed by atoms with Crippen molar-refractivity contribution in [2.24, 2.45) is 13.0 Å². The molecule has 3 aromatic rings. The van der Waals surface area contributed by atoms with Crippen LogP contribution in [0.4, 0.5) is 29.5 Å². The number of nitrogens with one attached hydrogen (secondary N) is 1. The Morgan fingerprint density at radius 1 is 1.10 bits per heavy atom. The van der Waals surface area contributed by atoms with E-state index in [9.17, 15) is 18.0 Å². The third-order valence-electron chi connectivity index (χ3n) is 7.30. The van der Waals surface area contributed by atoms with Gasteiger partial charge in [-0.15, -0.1) is 0 Å². The standard InChI is InChI=1S/C28H33F3N6O2/c1-18-4-5-22(32-27(38)37-7-6-20(17-37)16-28(29,30)31)15-23(18)21-13-24(25-12-19(2)34-35(25)3)33-26(14-21)36-8-10-39-11-9-36/h4-5,12-15,20H,6-11,16-17H2,1-3H3,(H,32,38). The number of rotatable bonds is 5. The number of urea groups is 1. The fraction of sp³-hybridized carbons (Fsp3) is 0.464. The molecule has 0 spiro atoms. The van der Waals surface area contributed by atoms with E-state index in [1.54, 1.807) is 0 Å². The van der Waals surface area contributed by atoms with Crippen LogP contribution >= 0.6 is 0 Å². The van der Waals surface area contributed by atoms with Crippen LogP contribution in [-0.2, 0) is 11.8 Å². The molecule has 39 heavy (non-hydrogen) atoms. The summed E-state index contributed by atoms with van der Waals surface area (Å²) in [5, 5.41) is 7.38. The lowest BCUT2D eigenvalue weighted by atomic mass is 9.99. The Morgan fingerprint density at radius 3 is 2.56 bits per heavy atom. The van der Waals surface area contributed by atoms with Gasteiger partial charge < -0.3 is 19.9 Å². The SMILES string of the molecule is Cc1cc(-c2cc(-c3cc(NC(=O)N4CCC(CC(F)(F)F)C4)ccc3C)cc(N3CCOCC3)n2)n(C)n1. The number of hydrogen-bond acceptors (Lipinski definition) is 5. The van der Waals surface area contributed by atoms with Crippen molar-refractivity contribution in [3.63, 3.8) is 0 Å². The Balaban J connectivity index is 1.43. The third-order valence-corrected chi connectivity index (χ3v) is 7.30. The third kappa shape index (κ3) is 6.35. The Hall–Kier alpha value is -3.60. The first-order valence-corrected chi connectivity index (χ1v) is 13.2. The number of anilines is 2. The highest BCUT2D eigenvalue weighted by molar-refractivity contribution is 5.91. The number of carbonyl (C=O) groups excluding carboxylic acids is 1. The van der Waals surface area contributed by atoms with Crippen LogP contribution in [0.5, 0.6) is 0 Å². The minimum absolute atomic E-state index is 0.102. The number of halogens is 3. The molecule has 2 fully saturated rings. The second-order valence-corrected chi connectivity index (χ2v) is 10.4. The number of ether oxygens (including phenoxy) is 1. The Bertz CT molecular complexity index is 1350. The van der Waals surface area contributed by atoms with Crippen LogP contribution < -0.4 is 10.2 Å². The molecular weight excluding hydrogens is 509 g/mol. The van der Waals surface area contributed by atoms with E-state index in [-0.39, 0.29) is 12.6 Å². The molecule has 1 N–H and O–H groups in total. The molecule has 1 aromatic carbocycles. The number of benzene rings is 1. The molecule has 2 saturated heterocycles. The van der Waals surface area contributed by atoms with Gasteiger partial charge in [0.15, 0.2) is 0 Å². The smallest absolute Gasteiger partial charge is 0.378 e. The maximum atomic E-state index is 12.9. The molecule has 8 nitrogen and oxygen atoms in total. The molecule has 5 rings (SSSR count). The van der Waals surface area contributed by atoms with E-state index >= 15 is 0 Å². The van der Waals surface area contributed by atoms with Crippen molar-refractivity contribution in [2.45, 2.75) is 32.9 Å². The van der Waals surface area contributed by atoms with Gasteiger partial charge in [0.1, 0.15) is 5.82 Å². The van der Waals surface area contributed by atoms with Crippen LogP contribution in [0, 0.1) is 19.8 Å². The summed E-state index contributed by atoms with van der Waals surface area (Å²) in [6.45, 7) is 7.10. The first kappa shape index (κ1) is 27.0. The first-order valence-electron chi connectivity index (χ1n) is 13.2. The Kier molecular flexibility index (Phi) is 7.53. The summed E-state index contributed by atoms with van der Waals surface area (Å²) in [6, 6.07) is 11.3. The van der Waals surface area contributed by atoms with Crippen molar-refractivity contribution in [2.75, 3.05) is 49.6 Å². The molecule has 2 aromatic heterocycles. The summed E-state index contributed by atoms with van der Waals surface area (Å²) >= 11 is 0. The van der Waals surface area contributed by atoms with E-state index in [4.69, 9.17) is 9.72 Å². The Labute approximate surface area is 225 Å². The van der Waals surface area contributed by atoms with Crippen LogP contribution in [0.1, 0.15) is 24.1 Å². The minimum Gasteiger partial charge on any atom is -0.378 e. The molecule has 0 radical (unpaired) electrons. The van der Waals surface area contributed by atoms with Gasteiger partial charge >= 0.3 is 12.2 Å². The van der Waals surface area contributed by atoms with Crippen molar-refractivity contribution in [1.82, 2.24) is 19.7 Å². The highest BCUT2D eigenvalue weighted by Crippen LogP contribution is 2.34. The van der Waals surface area contributed by atoms with E-state index in [0.717, 1.165) is 52.7 Å². The van der Waals surface area contributed by atoms with E-state index < -0.39 is 18.5 Å². The van der Waals surface area contributed by atoms with E-state index in [2.05, 4.69) is 15.3 Å². The molecule has 2 amide bonds. The maximum Gasteiger partial charge on any atom is 0.389 e. The quantitative estimate of drug-likeness (QED) is 0.467. The van der Waals surface area contributed by atoms with Crippen molar-refractivity contribution in [3.05, 3.63) is 47.7 Å². The normalized spacial score (nSPS) is 18.1. The van der Waals surface area contributed by atoms with E-state index in [0.29, 0.717) is 31.9 Å². The van der Waals surface area contributed by atoms with Gasteiger partial charge in [-0.25, -0.2) is 9.78 Å². The maximum absolute atomic E-state index is 12.9. The predicted octanol–water partition coefficient (Wildman–Crippen LogP) is 5.41. The molecule has 1 atom stereocenters. The van der Waals surface area contributed by atoms with Crippen molar-refractivity contribution in [3.8, 4) is 22.5 Å². The van der Waals surface area contributed by atoms with Gasteiger partial charge in [-0.05, 0) is 73.2 Å². The second kappa shape index (κ2) is 10.9. The first-order chi connectivity index (χ1) is 18.6. The highest BCUT2D eigenvalue weighted by Gasteiger charge is 2.36. The second-order valence-electron chi connectivity index (χ2n) is 10.4. The van der Waals surface area contributed by atoms with Crippen LogP contribution in [-0.4, -0.2) is 71.3 Å². The van der Waals surface area contributed by atoms with E-state index in [1.165, 1.54) is 4.90 Å². The zero-order chi connectivity index (χ0) is 27.7. The van der Waals surface area contributed by atoms with Gasteiger partial charge in [0.25, 0.3) is 0 Å². The number of amides is 2. The van der Waals surface area contributed by atoms with Gasteiger partial charge in [-0.1, -0.05) is 6.07 Å². The number of pyridine rings is 1. The summed E-state index contributed by atoms with van der Waals surface area (Å²) in [4.78, 5) is 21.5. The average Bonchev–Trinajstić information content (AvgIpc) is 3.49. The monoisotopic (exact) mass is 542 g/mol. The van der Waals surface area contributed by atoms with Crippen LogP contribution in [0.2, 0.25) is 0 Å². The molecule has 0 saturated carbocycles. The fourth-order valence-electron chi connectivity index (χ4n) is 5.33. The molecule has 2 aliphatic heterocycles. The van der Waals surface area contributed by atoms with Crippen molar-refractivity contribution >= 4 is 17.5 Å². The molecule has 11 heteroatoms. The molecule has 0 aliphatic carbocycles. The summed E-state index contributed by atoms with van der Waals surface area (Å²) in [5.41, 5.74) is 6.06. The predicted molar refractivity (Wildman–Crippen MR) is 144 cm³/mol. The molecule has 4 heterocycles. The number of morpholine rings is 1. The van der Waals surface area contributed by atoms with Crippen molar-refractivity contribution in [1.29, 1.82) is 0 Å². The summed E-state index contributed by atoms with van der Waals surface area (Å²) in [6.07, 6.45) is -4.73. The van der Waals surface area contributed by atoms with Crippen LogP contribution in [0.3, 0.4) is 0 Å².